The Morgan fingerprint density at radius 2 is 1.86 bits per heavy atom. The van der Waals surface area contributed by atoms with Crippen molar-refractivity contribution < 1.29 is 4.74 Å². The van der Waals surface area contributed by atoms with Gasteiger partial charge in [0.15, 0.2) is 0 Å². The number of benzene rings is 1. The lowest BCUT2D eigenvalue weighted by Crippen LogP contribution is -1.91. The van der Waals surface area contributed by atoms with Crippen LogP contribution in [0, 0.1) is 13.8 Å². The number of aryl methyl sites for hydroxylation is 2. The Kier molecular flexibility index (Phi) is 2.75. The normalized spacial score (nSPS) is 15.8. The Morgan fingerprint density at radius 3 is 2.36 bits per heavy atom. The summed E-state index contributed by atoms with van der Waals surface area (Å²) >= 11 is 3.57. The first-order valence-electron chi connectivity index (χ1n) is 4.72. The standard InChI is InChI=1S/C12H13BrO/c1-8-5-11(6-9(2)12(8)13)10-3-4-14-7-10/h3,5-6H,4,7H2,1-2H3. The summed E-state index contributed by atoms with van der Waals surface area (Å²) in [5.74, 6) is 0. The van der Waals surface area contributed by atoms with Crippen LogP contribution in [0.5, 0.6) is 0 Å². The van der Waals surface area contributed by atoms with Crippen molar-refractivity contribution in [3.63, 3.8) is 0 Å². The van der Waals surface area contributed by atoms with Gasteiger partial charge in [0.05, 0.1) is 13.2 Å². The van der Waals surface area contributed by atoms with Crippen molar-refractivity contribution in [3.05, 3.63) is 39.4 Å². The van der Waals surface area contributed by atoms with Crippen LogP contribution in [0.3, 0.4) is 0 Å². The van der Waals surface area contributed by atoms with Gasteiger partial charge in [-0.15, -0.1) is 0 Å². The summed E-state index contributed by atoms with van der Waals surface area (Å²) < 4.78 is 6.53. The highest BCUT2D eigenvalue weighted by molar-refractivity contribution is 9.10. The first-order valence-corrected chi connectivity index (χ1v) is 5.51. The van der Waals surface area contributed by atoms with Crippen LogP contribution in [0.4, 0.5) is 0 Å². The van der Waals surface area contributed by atoms with Gasteiger partial charge in [-0.25, -0.2) is 0 Å². The molecule has 0 saturated carbocycles. The van der Waals surface area contributed by atoms with Crippen molar-refractivity contribution in [1.82, 2.24) is 0 Å². The highest BCUT2D eigenvalue weighted by Crippen LogP contribution is 2.27. The molecule has 0 radical (unpaired) electrons. The molecule has 0 saturated heterocycles. The largest absolute Gasteiger partial charge is 0.373 e. The van der Waals surface area contributed by atoms with Crippen LogP contribution in [0.25, 0.3) is 5.57 Å². The second kappa shape index (κ2) is 3.87. The summed E-state index contributed by atoms with van der Waals surface area (Å²) in [5, 5.41) is 0. The minimum absolute atomic E-state index is 0.751. The number of hydrogen-bond donors (Lipinski definition) is 0. The molecule has 0 atom stereocenters. The molecule has 0 amide bonds. The molecule has 1 aliphatic heterocycles. The molecule has 1 aromatic rings. The van der Waals surface area contributed by atoms with E-state index in [0.717, 1.165) is 13.2 Å². The number of halogens is 1. The third-order valence-electron chi connectivity index (χ3n) is 2.51. The van der Waals surface area contributed by atoms with Crippen LogP contribution in [0.15, 0.2) is 22.7 Å². The van der Waals surface area contributed by atoms with Crippen molar-refractivity contribution >= 4 is 21.5 Å². The van der Waals surface area contributed by atoms with Gasteiger partial charge in [0.2, 0.25) is 0 Å². The van der Waals surface area contributed by atoms with Crippen LogP contribution in [-0.4, -0.2) is 13.2 Å². The van der Waals surface area contributed by atoms with E-state index >= 15 is 0 Å². The van der Waals surface area contributed by atoms with E-state index in [4.69, 9.17) is 4.74 Å². The maximum atomic E-state index is 5.32. The lowest BCUT2D eigenvalue weighted by atomic mass is 10.0. The van der Waals surface area contributed by atoms with Gasteiger partial charge in [-0.2, -0.15) is 0 Å². The average Bonchev–Trinajstić information content (AvgIpc) is 2.66. The predicted octanol–water partition coefficient (Wildman–Crippen LogP) is 3.48. The molecule has 0 aromatic heterocycles. The van der Waals surface area contributed by atoms with E-state index in [1.807, 2.05) is 0 Å². The van der Waals surface area contributed by atoms with Gasteiger partial charge in [-0.1, -0.05) is 34.1 Å². The first-order chi connectivity index (χ1) is 6.68. The SMILES string of the molecule is Cc1cc(C2=CCOC2)cc(C)c1Br. The van der Waals surface area contributed by atoms with Gasteiger partial charge in [-0.05, 0) is 36.1 Å². The minimum atomic E-state index is 0.751. The molecule has 1 aliphatic rings. The topological polar surface area (TPSA) is 9.23 Å². The van der Waals surface area contributed by atoms with E-state index in [9.17, 15) is 0 Å². The second-order valence-electron chi connectivity index (χ2n) is 3.67. The fraction of sp³-hybridized carbons (Fsp3) is 0.333. The number of rotatable bonds is 1. The van der Waals surface area contributed by atoms with Gasteiger partial charge in [-0.3, -0.25) is 0 Å². The quantitative estimate of drug-likeness (QED) is 0.744. The molecule has 0 unspecified atom stereocenters. The molecule has 1 nitrogen and oxygen atoms in total. The monoisotopic (exact) mass is 252 g/mol. The van der Waals surface area contributed by atoms with Crippen LogP contribution < -0.4 is 0 Å². The minimum Gasteiger partial charge on any atom is -0.373 e. The molecule has 0 aliphatic carbocycles. The van der Waals surface area contributed by atoms with E-state index in [1.165, 1.54) is 26.7 Å². The number of hydrogen-bond acceptors (Lipinski definition) is 1. The Hall–Kier alpha value is -0.600. The van der Waals surface area contributed by atoms with Crippen LogP contribution in [-0.2, 0) is 4.74 Å². The fourth-order valence-electron chi connectivity index (χ4n) is 1.72. The Morgan fingerprint density at radius 1 is 1.21 bits per heavy atom. The third-order valence-corrected chi connectivity index (χ3v) is 3.76. The summed E-state index contributed by atoms with van der Waals surface area (Å²) in [4.78, 5) is 0. The lowest BCUT2D eigenvalue weighted by Gasteiger charge is -2.08. The molecule has 1 aromatic carbocycles. The van der Waals surface area contributed by atoms with Gasteiger partial charge in [0, 0.05) is 4.47 Å². The fourth-order valence-corrected chi connectivity index (χ4v) is 1.95. The Bertz CT molecular complexity index is 370. The molecule has 1 heterocycles. The van der Waals surface area contributed by atoms with Crippen molar-refractivity contribution in [1.29, 1.82) is 0 Å². The summed E-state index contributed by atoms with van der Waals surface area (Å²) in [6.45, 7) is 5.75. The molecular weight excluding hydrogens is 240 g/mol. The van der Waals surface area contributed by atoms with Gasteiger partial charge in [0.25, 0.3) is 0 Å². The third kappa shape index (κ3) is 1.77. The van der Waals surface area contributed by atoms with Gasteiger partial charge < -0.3 is 4.74 Å². The van der Waals surface area contributed by atoms with E-state index in [2.05, 4.69) is 48.0 Å². The molecule has 2 heteroatoms. The maximum Gasteiger partial charge on any atom is 0.0724 e. The van der Waals surface area contributed by atoms with E-state index in [1.54, 1.807) is 0 Å². The molecule has 0 spiro atoms. The summed E-state index contributed by atoms with van der Waals surface area (Å²) in [6.07, 6.45) is 2.15. The molecule has 14 heavy (non-hydrogen) atoms. The molecule has 0 N–H and O–H groups in total. The van der Waals surface area contributed by atoms with Gasteiger partial charge >= 0.3 is 0 Å². The van der Waals surface area contributed by atoms with E-state index < -0.39 is 0 Å². The summed E-state index contributed by atoms with van der Waals surface area (Å²) in [6, 6.07) is 4.41. The Balaban J connectivity index is 2.45. The van der Waals surface area contributed by atoms with Crippen LogP contribution in [0.1, 0.15) is 16.7 Å². The molecule has 0 fully saturated rings. The van der Waals surface area contributed by atoms with Crippen molar-refractivity contribution in [2.45, 2.75) is 13.8 Å². The summed E-state index contributed by atoms with van der Waals surface area (Å²) in [7, 11) is 0. The lowest BCUT2D eigenvalue weighted by molar-refractivity contribution is 0.216. The highest BCUT2D eigenvalue weighted by Gasteiger charge is 2.09. The molecule has 0 bridgehead atoms. The zero-order valence-corrected chi connectivity index (χ0v) is 10.0. The van der Waals surface area contributed by atoms with Crippen molar-refractivity contribution in [3.8, 4) is 0 Å². The Labute approximate surface area is 92.9 Å². The zero-order chi connectivity index (χ0) is 10.1. The zero-order valence-electron chi connectivity index (χ0n) is 8.43. The van der Waals surface area contributed by atoms with Crippen molar-refractivity contribution in [2.24, 2.45) is 0 Å². The maximum absolute atomic E-state index is 5.32. The highest BCUT2D eigenvalue weighted by atomic mass is 79.9. The molecular formula is C12H13BrO. The van der Waals surface area contributed by atoms with E-state index in [-0.39, 0.29) is 0 Å². The molecule has 74 valence electrons. The smallest absolute Gasteiger partial charge is 0.0724 e. The number of ether oxygens (including phenoxy) is 1. The van der Waals surface area contributed by atoms with Gasteiger partial charge in [0.1, 0.15) is 0 Å². The van der Waals surface area contributed by atoms with Crippen LogP contribution in [0.2, 0.25) is 0 Å². The second-order valence-corrected chi connectivity index (χ2v) is 4.46. The molecule has 2 rings (SSSR count). The van der Waals surface area contributed by atoms with Crippen molar-refractivity contribution in [2.75, 3.05) is 13.2 Å². The summed E-state index contributed by atoms with van der Waals surface area (Å²) in [5.41, 5.74) is 5.17. The average molecular weight is 253 g/mol. The predicted molar refractivity (Wildman–Crippen MR) is 62.4 cm³/mol. The first kappa shape index (κ1) is 9.94. The van der Waals surface area contributed by atoms with E-state index in [0.29, 0.717) is 0 Å². The van der Waals surface area contributed by atoms with Crippen LogP contribution >= 0.6 is 15.9 Å².